The van der Waals surface area contributed by atoms with E-state index < -0.39 is 0 Å². The maximum Gasteiger partial charge on any atom is 0.231 e. The van der Waals surface area contributed by atoms with Gasteiger partial charge in [0, 0.05) is 0 Å². The molecule has 0 aromatic heterocycles. The fourth-order valence-electron chi connectivity index (χ4n) is 2.50. The highest BCUT2D eigenvalue weighted by Crippen LogP contribution is 2.33. The third kappa shape index (κ3) is 2.00. The van der Waals surface area contributed by atoms with Gasteiger partial charge in [-0.05, 0) is 56.0 Å². The van der Waals surface area contributed by atoms with Gasteiger partial charge in [-0.3, -0.25) is 0 Å². The Bertz CT molecular complexity index is 372. The van der Waals surface area contributed by atoms with Crippen LogP contribution in [0.5, 0.6) is 11.5 Å². The Labute approximate surface area is 95.8 Å². The minimum Gasteiger partial charge on any atom is -0.454 e. The molecule has 3 heteroatoms. The zero-order chi connectivity index (χ0) is 10.8. The third-order valence-electron chi connectivity index (χ3n) is 3.36. The Morgan fingerprint density at radius 3 is 3.06 bits per heavy atom. The Kier molecular flexibility index (Phi) is 2.70. The summed E-state index contributed by atoms with van der Waals surface area (Å²) in [6, 6.07) is 6.30. The maximum absolute atomic E-state index is 5.39. The number of rotatable bonds is 2. The molecule has 2 aliphatic heterocycles. The fourth-order valence-corrected chi connectivity index (χ4v) is 2.50. The Hall–Kier alpha value is -1.22. The van der Waals surface area contributed by atoms with Crippen LogP contribution in [0.2, 0.25) is 0 Å². The maximum atomic E-state index is 5.39. The molecular weight excluding hydrogens is 202 g/mol. The summed E-state index contributed by atoms with van der Waals surface area (Å²) in [4.78, 5) is 0. The quantitative estimate of drug-likeness (QED) is 0.824. The van der Waals surface area contributed by atoms with E-state index in [0.29, 0.717) is 6.79 Å². The highest BCUT2D eigenvalue weighted by molar-refractivity contribution is 5.44. The second-order valence-corrected chi connectivity index (χ2v) is 4.60. The second-order valence-electron chi connectivity index (χ2n) is 4.60. The van der Waals surface area contributed by atoms with Gasteiger partial charge in [-0.25, -0.2) is 0 Å². The molecule has 1 aromatic carbocycles. The summed E-state index contributed by atoms with van der Waals surface area (Å²) < 4.78 is 10.7. The number of piperidine rings is 1. The van der Waals surface area contributed by atoms with Crippen LogP contribution in [0.25, 0.3) is 0 Å². The molecule has 1 aromatic rings. The van der Waals surface area contributed by atoms with Crippen LogP contribution in [0.3, 0.4) is 0 Å². The summed E-state index contributed by atoms with van der Waals surface area (Å²) in [5.41, 5.74) is 1.36. The minimum absolute atomic E-state index is 0.365. The largest absolute Gasteiger partial charge is 0.454 e. The predicted molar refractivity (Wildman–Crippen MR) is 61.9 cm³/mol. The average Bonchev–Trinajstić information content (AvgIpc) is 2.77. The van der Waals surface area contributed by atoms with Crippen LogP contribution in [-0.4, -0.2) is 19.9 Å². The summed E-state index contributed by atoms with van der Waals surface area (Å²) >= 11 is 0. The van der Waals surface area contributed by atoms with Gasteiger partial charge in [0.15, 0.2) is 11.5 Å². The predicted octanol–water partition coefficient (Wildman–Crippen LogP) is 1.96. The van der Waals surface area contributed by atoms with Crippen LogP contribution in [0.1, 0.15) is 18.4 Å². The van der Waals surface area contributed by atoms with Gasteiger partial charge >= 0.3 is 0 Å². The first kappa shape index (κ1) is 9.97. The SMILES string of the molecule is c1cc2c(cc1C[C@H]1CCCNC1)OCO2. The summed E-state index contributed by atoms with van der Waals surface area (Å²) in [7, 11) is 0. The van der Waals surface area contributed by atoms with Crippen molar-refractivity contribution in [2.45, 2.75) is 19.3 Å². The summed E-state index contributed by atoms with van der Waals surface area (Å²) in [5.74, 6) is 2.56. The van der Waals surface area contributed by atoms with Crippen molar-refractivity contribution in [2.24, 2.45) is 5.92 Å². The highest BCUT2D eigenvalue weighted by Gasteiger charge is 2.17. The molecular formula is C13H17NO2. The molecule has 3 nitrogen and oxygen atoms in total. The molecule has 16 heavy (non-hydrogen) atoms. The smallest absolute Gasteiger partial charge is 0.231 e. The van der Waals surface area contributed by atoms with Crippen molar-refractivity contribution >= 4 is 0 Å². The average molecular weight is 219 g/mol. The van der Waals surface area contributed by atoms with Crippen molar-refractivity contribution in [3.8, 4) is 11.5 Å². The first-order valence-electron chi connectivity index (χ1n) is 6.01. The van der Waals surface area contributed by atoms with Gasteiger partial charge in [0.1, 0.15) is 0 Å². The molecule has 0 unspecified atom stereocenters. The van der Waals surface area contributed by atoms with Crippen molar-refractivity contribution in [3.63, 3.8) is 0 Å². The first-order chi connectivity index (χ1) is 7.92. The van der Waals surface area contributed by atoms with E-state index in [0.717, 1.165) is 30.4 Å². The van der Waals surface area contributed by atoms with Gasteiger partial charge in [0.25, 0.3) is 0 Å². The summed E-state index contributed by atoms with van der Waals surface area (Å²) in [5, 5.41) is 3.45. The minimum atomic E-state index is 0.365. The molecule has 0 radical (unpaired) electrons. The molecule has 2 heterocycles. The first-order valence-corrected chi connectivity index (χ1v) is 6.01. The number of hydrogen-bond acceptors (Lipinski definition) is 3. The zero-order valence-electron chi connectivity index (χ0n) is 9.37. The van der Waals surface area contributed by atoms with E-state index in [2.05, 4.69) is 17.4 Å². The second kappa shape index (κ2) is 4.34. The molecule has 1 saturated heterocycles. The van der Waals surface area contributed by atoms with Crippen molar-refractivity contribution in [1.82, 2.24) is 5.32 Å². The molecule has 2 aliphatic rings. The van der Waals surface area contributed by atoms with E-state index in [9.17, 15) is 0 Å². The van der Waals surface area contributed by atoms with E-state index in [1.165, 1.54) is 24.9 Å². The van der Waals surface area contributed by atoms with Gasteiger partial charge in [-0.2, -0.15) is 0 Å². The number of nitrogens with one attached hydrogen (secondary N) is 1. The van der Waals surface area contributed by atoms with Crippen LogP contribution in [0.15, 0.2) is 18.2 Å². The Morgan fingerprint density at radius 2 is 2.19 bits per heavy atom. The summed E-state index contributed by atoms with van der Waals surface area (Å²) in [6.45, 7) is 2.69. The van der Waals surface area contributed by atoms with Gasteiger partial charge in [0.2, 0.25) is 6.79 Å². The van der Waals surface area contributed by atoms with E-state index in [4.69, 9.17) is 9.47 Å². The third-order valence-corrected chi connectivity index (χ3v) is 3.36. The molecule has 3 rings (SSSR count). The normalized spacial score (nSPS) is 23.4. The van der Waals surface area contributed by atoms with E-state index >= 15 is 0 Å². The fraction of sp³-hybridized carbons (Fsp3) is 0.538. The molecule has 0 bridgehead atoms. The zero-order valence-corrected chi connectivity index (χ0v) is 9.37. The number of benzene rings is 1. The summed E-state index contributed by atoms with van der Waals surface area (Å²) in [6.07, 6.45) is 3.78. The van der Waals surface area contributed by atoms with Crippen LogP contribution in [0.4, 0.5) is 0 Å². The number of hydrogen-bond donors (Lipinski definition) is 1. The molecule has 1 atom stereocenters. The molecule has 1 fully saturated rings. The van der Waals surface area contributed by atoms with Crippen LogP contribution in [0, 0.1) is 5.92 Å². The highest BCUT2D eigenvalue weighted by atomic mass is 16.7. The van der Waals surface area contributed by atoms with Gasteiger partial charge in [0.05, 0.1) is 0 Å². The molecule has 0 aliphatic carbocycles. The lowest BCUT2D eigenvalue weighted by Gasteiger charge is -2.22. The van der Waals surface area contributed by atoms with E-state index in [1.807, 2.05) is 6.07 Å². The van der Waals surface area contributed by atoms with E-state index in [-0.39, 0.29) is 0 Å². The molecule has 1 N–H and O–H groups in total. The number of ether oxygens (including phenoxy) is 2. The standard InChI is InChI=1S/C13H17NO2/c1-2-11(8-14-5-1)6-10-3-4-12-13(7-10)16-9-15-12/h3-4,7,11,14H,1-2,5-6,8-9H2/t11-/m1/s1. The molecule has 86 valence electrons. The van der Waals surface area contributed by atoms with Crippen molar-refractivity contribution < 1.29 is 9.47 Å². The monoisotopic (exact) mass is 219 g/mol. The molecule has 0 spiro atoms. The lowest BCUT2D eigenvalue weighted by Crippen LogP contribution is -2.30. The van der Waals surface area contributed by atoms with Gasteiger partial charge in [-0.1, -0.05) is 6.07 Å². The van der Waals surface area contributed by atoms with Crippen molar-refractivity contribution in [3.05, 3.63) is 23.8 Å². The van der Waals surface area contributed by atoms with Crippen LogP contribution in [-0.2, 0) is 6.42 Å². The van der Waals surface area contributed by atoms with E-state index in [1.54, 1.807) is 0 Å². The van der Waals surface area contributed by atoms with Crippen molar-refractivity contribution in [1.29, 1.82) is 0 Å². The molecule has 0 saturated carbocycles. The lowest BCUT2D eigenvalue weighted by molar-refractivity contribution is 0.174. The van der Waals surface area contributed by atoms with Crippen LogP contribution < -0.4 is 14.8 Å². The van der Waals surface area contributed by atoms with Crippen LogP contribution >= 0.6 is 0 Å². The number of fused-ring (bicyclic) bond motifs is 1. The van der Waals surface area contributed by atoms with Gasteiger partial charge < -0.3 is 14.8 Å². The molecule has 0 amide bonds. The Balaban J connectivity index is 1.69. The lowest BCUT2D eigenvalue weighted by atomic mass is 9.92. The topological polar surface area (TPSA) is 30.5 Å². The Morgan fingerprint density at radius 1 is 1.25 bits per heavy atom. The van der Waals surface area contributed by atoms with Gasteiger partial charge in [-0.15, -0.1) is 0 Å². The van der Waals surface area contributed by atoms with Crippen molar-refractivity contribution in [2.75, 3.05) is 19.9 Å².